The number of Topliss-reactive ketones (excluding diaryl/α,β-unsaturated/α-hetero) is 2. The van der Waals surface area contributed by atoms with Crippen LogP contribution >= 0.6 is 23.2 Å². The fourth-order valence-electron chi connectivity index (χ4n) is 4.85. The number of hydrogen-bond acceptors (Lipinski definition) is 7. The third kappa shape index (κ3) is 8.88. The van der Waals surface area contributed by atoms with Gasteiger partial charge in [-0.25, -0.2) is 9.37 Å². The number of anilines is 1. The van der Waals surface area contributed by atoms with Crippen molar-refractivity contribution >= 4 is 40.6 Å². The third-order valence-electron chi connectivity index (χ3n) is 7.47. The topological polar surface area (TPSA) is 103 Å². The molecule has 1 unspecified atom stereocenters. The number of halogens is 9. The van der Waals surface area contributed by atoms with Gasteiger partial charge in [0, 0.05) is 53.7 Å². The SMILES string of the molecule is CC(Oc1cc(-c2cnn(C3CCN(CC4CC4)CC3)c2)cnc1N)c1c(Cl)ccc(F)c1Cl.O=C(C(=O)C(F)(F)F)C(F)(F)F. The molecular weight excluding hydrogens is 670 g/mol. The molecule has 0 radical (unpaired) electrons. The van der Waals surface area contributed by atoms with Crippen molar-refractivity contribution in [2.45, 2.75) is 57.1 Å². The Balaban J connectivity index is 0.000000342. The second-order valence-electron chi connectivity index (χ2n) is 11.0. The third-order valence-corrected chi connectivity index (χ3v) is 8.19. The van der Waals surface area contributed by atoms with Crippen LogP contribution in [-0.4, -0.2) is 63.2 Å². The standard InChI is InChI=1S/C25H28Cl2FN5O.C4F6O2/c1-15(23-20(26)4-5-21(28)24(23)27)34-22-10-17(11-30-25(22)29)18-12-31-33(14-18)19-6-8-32(9-7-19)13-16-2-3-16;5-3(6,7)1(11)2(12)4(8,9)10/h4-5,10-12,14-16,19H,2-3,6-9,13H2,1H3,(H2,29,30);. The number of nitrogens with zero attached hydrogens (tertiary/aromatic N) is 4. The highest BCUT2D eigenvalue weighted by Crippen LogP contribution is 2.37. The lowest BCUT2D eigenvalue weighted by Gasteiger charge is -2.32. The zero-order chi connectivity index (χ0) is 34.0. The van der Waals surface area contributed by atoms with Crippen molar-refractivity contribution in [2.75, 3.05) is 25.4 Å². The number of nitrogen functional groups attached to an aromatic ring is 1. The maximum atomic E-state index is 14.0. The van der Waals surface area contributed by atoms with Crippen molar-refractivity contribution in [3.63, 3.8) is 0 Å². The number of ketones is 2. The molecule has 0 amide bonds. The number of carbonyl (C=O) groups excluding carboxylic acids is 2. The molecular formula is C29H28Cl2F7N5O3. The first-order valence-corrected chi connectivity index (χ1v) is 14.8. The predicted octanol–water partition coefficient (Wildman–Crippen LogP) is 7.41. The summed E-state index contributed by atoms with van der Waals surface area (Å²) in [5.74, 6) is -5.83. The normalized spacial score (nSPS) is 16.8. The number of likely N-dealkylation sites (tertiary alicyclic amines) is 1. The van der Waals surface area contributed by atoms with Crippen LogP contribution in [-0.2, 0) is 9.59 Å². The summed E-state index contributed by atoms with van der Waals surface area (Å²) >= 11 is 12.4. The maximum Gasteiger partial charge on any atom is 0.458 e. The second-order valence-corrected chi connectivity index (χ2v) is 11.7. The van der Waals surface area contributed by atoms with Crippen molar-refractivity contribution in [3.05, 3.63) is 58.2 Å². The van der Waals surface area contributed by atoms with E-state index in [1.165, 1.54) is 31.5 Å². The first-order chi connectivity index (χ1) is 21.5. The van der Waals surface area contributed by atoms with E-state index >= 15 is 0 Å². The maximum absolute atomic E-state index is 14.0. The lowest BCUT2D eigenvalue weighted by atomic mass is 10.0. The number of nitrogens with two attached hydrogens (primary N) is 1. The van der Waals surface area contributed by atoms with Gasteiger partial charge < -0.3 is 15.4 Å². The zero-order valence-corrected chi connectivity index (χ0v) is 25.7. The fraction of sp³-hybridized carbons (Fsp3) is 0.448. The van der Waals surface area contributed by atoms with Gasteiger partial charge in [0.25, 0.3) is 0 Å². The molecule has 3 aromatic rings. The molecule has 1 saturated heterocycles. The predicted molar refractivity (Wildman–Crippen MR) is 155 cm³/mol. The smallest absolute Gasteiger partial charge is 0.458 e. The van der Waals surface area contributed by atoms with Crippen molar-refractivity contribution < 1.29 is 45.1 Å². The molecule has 0 spiro atoms. The molecule has 1 aliphatic carbocycles. The first-order valence-electron chi connectivity index (χ1n) is 14.0. The van der Waals surface area contributed by atoms with Crippen molar-refractivity contribution in [2.24, 2.45) is 5.92 Å². The van der Waals surface area contributed by atoms with Crippen molar-refractivity contribution in [1.82, 2.24) is 19.7 Å². The van der Waals surface area contributed by atoms with Crippen LogP contribution in [0.1, 0.15) is 50.3 Å². The Hall–Kier alpha value is -3.43. The van der Waals surface area contributed by atoms with E-state index in [1.807, 2.05) is 12.3 Å². The largest absolute Gasteiger partial charge is 0.482 e. The van der Waals surface area contributed by atoms with Crippen LogP contribution in [0.15, 0.2) is 36.8 Å². The van der Waals surface area contributed by atoms with Gasteiger partial charge in [-0.2, -0.15) is 31.4 Å². The van der Waals surface area contributed by atoms with E-state index in [4.69, 9.17) is 33.7 Å². The molecule has 2 aliphatic rings. The molecule has 1 atom stereocenters. The van der Waals surface area contributed by atoms with Gasteiger partial charge in [0.15, 0.2) is 11.6 Å². The molecule has 17 heteroatoms. The highest BCUT2D eigenvalue weighted by molar-refractivity contribution is 6.41. The molecule has 2 aromatic heterocycles. The van der Waals surface area contributed by atoms with Gasteiger partial charge in [0.05, 0.1) is 17.3 Å². The Bertz CT molecular complexity index is 1550. The summed E-state index contributed by atoms with van der Waals surface area (Å²) in [5, 5.41) is 4.89. The molecule has 1 aromatic carbocycles. The molecule has 2 N–H and O–H groups in total. The summed E-state index contributed by atoms with van der Waals surface area (Å²) in [5.41, 5.74) is 8.22. The molecule has 2 fully saturated rings. The summed E-state index contributed by atoms with van der Waals surface area (Å²) in [6.07, 6.45) is -1.56. The van der Waals surface area contributed by atoms with E-state index in [2.05, 4.69) is 25.9 Å². The summed E-state index contributed by atoms with van der Waals surface area (Å²) in [4.78, 5) is 26.1. The van der Waals surface area contributed by atoms with E-state index in [9.17, 15) is 40.3 Å². The minimum Gasteiger partial charge on any atom is -0.482 e. The van der Waals surface area contributed by atoms with Crippen LogP contribution in [0.5, 0.6) is 5.75 Å². The molecule has 46 heavy (non-hydrogen) atoms. The molecule has 0 bridgehead atoms. The van der Waals surface area contributed by atoms with Crippen LogP contribution in [0.3, 0.4) is 0 Å². The molecule has 3 heterocycles. The molecule has 1 saturated carbocycles. The lowest BCUT2D eigenvalue weighted by molar-refractivity contribution is -0.193. The van der Waals surface area contributed by atoms with Crippen LogP contribution in [0.2, 0.25) is 10.0 Å². The number of pyridine rings is 1. The number of ether oxygens (including phenoxy) is 1. The Morgan fingerprint density at radius 1 is 1.00 bits per heavy atom. The van der Waals surface area contributed by atoms with Gasteiger partial charge in [0.1, 0.15) is 11.9 Å². The number of aromatic nitrogens is 3. The quantitative estimate of drug-likeness (QED) is 0.149. The van der Waals surface area contributed by atoms with E-state index in [0.717, 1.165) is 43.0 Å². The van der Waals surface area contributed by atoms with Crippen LogP contribution in [0, 0.1) is 11.7 Å². The highest BCUT2D eigenvalue weighted by Gasteiger charge is 2.54. The molecule has 250 valence electrons. The van der Waals surface area contributed by atoms with E-state index in [-0.39, 0.29) is 10.8 Å². The highest BCUT2D eigenvalue weighted by atomic mass is 35.5. The van der Waals surface area contributed by atoms with Crippen molar-refractivity contribution in [1.29, 1.82) is 0 Å². The number of rotatable bonds is 8. The van der Waals surface area contributed by atoms with Crippen LogP contribution < -0.4 is 10.5 Å². The van der Waals surface area contributed by atoms with Crippen LogP contribution in [0.25, 0.3) is 11.1 Å². The Labute approximate surface area is 268 Å². The zero-order valence-electron chi connectivity index (χ0n) is 24.1. The minimum absolute atomic E-state index is 0.0628. The van der Waals surface area contributed by atoms with E-state index < -0.39 is 35.8 Å². The number of benzene rings is 1. The van der Waals surface area contributed by atoms with Gasteiger partial charge >= 0.3 is 23.9 Å². The van der Waals surface area contributed by atoms with Crippen molar-refractivity contribution in [3.8, 4) is 16.9 Å². The van der Waals surface area contributed by atoms with Gasteiger partial charge in [-0.05, 0) is 56.7 Å². The first kappa shape index (κ1) is 35.4. The Morgan fingerprint density at radius 2 is 1.61 bits per heavy atom. The molecule has 1 aliphatic heterocycles. The van der Waals surface area contributed by atoms with E-state index in [1.54, 1.807) is 13.1 Å². The number of alkyl halides is 6. The van der Waals surface area contributed by atoms with Gasteiger partial charge in [-0.3, -0.25) is 14.3 Å². The Morgan fingerprint density at radius 3 is 2.17 bits per heavy atom. The average molecular weight is 698 g/mol. The van der Waals surface area contributed by atoms with Crippen LogP contribution in [0.4, 0.5) is 36.6 Å². The van der Waals surface area contributed by atoms with Gasteiger partial charge in [-0.15, -0.1) is 0 Å². The van der Waals surface area contributed by atoms with Gasteiger partial charge in [0.2, 0.25) is 0 Å². The number of carbonyl (C=O) groups is 2. The average Bonchev–Trinajstić information content (AvgIpc) is 3.66. The minimum atomic E-state index is -5.77. The number of hydrogen-bond donors (Lipinski definition) is 1. The summed E-state index contributed by atoms with van der Waals surface area (Å²) in [6.45, 7) is 5.25. The Kier molecular flexibility index (Phi) is 10.9. The molecule has 8 nitrogen and oxygen atoms in total. The van der Waals surface area contributed by atoms with Gasteiger partial charge in [-0.1, -0.05) is 23.2 Å². The van der Waals surface area contributed by atoms with E-state index in [0.29, 0.717) is 22.4 Å². The monoisotopic (exact) mass is 697 g/mol. The summed E-state index contributed by atoms with van der Waals surface area (Å²) in [6, 6.07) is 4.91. The summed E-state index contributed by atoms with van der Waals surface area (Å²) < 4.78 is 89.0. The summed E-state index contributed by atoms with van der Waals surface area (Å²) in [7, 11) is 0. The lowest BCUT2D eigenvalue weighted by Crippen LogP contribution is -2.39. The second kappa shape index (κ2) is 14.1. The number of piperidine rings is 1. The molecule has 5 rings (SSSR count). The fourth-order valence-corrected chi connectivity index (χ4v) is 5.53.